The van der Waals surface area contributed by atoms with Crippen LogP contribution in [0.15, 0.2) is 115 Å². The first-order valence-electron chi connectivity index (χ1n) is 12.1. The average molecular weight is 492 g/mol. The molecule has 3 amide bonds. The van der Waals surface area contributed by atoms with Crippen LogP contribution in [-0.2, 0) is 4.79 Å². The molecule has 4 rings (SSSR count). The van der Waals surface area contributed by atoms with E-state index in [-0.39, 0.29) is 25.0 Å². The lowest BCUT2D eigenvalue weighted by molar-refractivity contribution is -0.116. The Morgan fingerprint density at radius 3 is 2.19 bits per heavy atom. The molecule has 6 heteroatoms. The molecule has 186 valence electrons. The topological polar surface area (TPSA) is 70.7 Å². The van der Waals surface area contributed by atoms with Crippen molar-refractivity contribution < 1.29 is 14.3 Å². The number of para-hydroxylation sites is 1. The number of anilines is 2. The molecule has 0 atom stereocenters. The molecule has 0 aliphatic rings. The standard InChI is InChI=1S/C31H29N3O3/c1-24-9-8-12-26(23-24)33-31(36)34(22-21-32-30(35)20-15-25-10-4-2-5-11-25)27-16-18-29(19-17-27)37-28-13-6-3-7-14-28/h2-20,23H,21-22H2,1H3,(H,32,35)(H,33,36)/b20-15+. The van der Waals surface area contributed by atoms with Gasteiger partial charge in [0.1, 0.15) is 11.5 Å². The lowest BCUT2D eigenvalue weighted by atomic mass is 10.2. The summed E-state index contributed by atoms with van der Waals surface area (Å²) in [6.45, 7) is 2.53. The molecule has 0 unspecified atom stereocenters. The maximum Gasteiger partial charge on any atom is 0.326 e. The zero-order chi connectivity index (χ0) is 25.9. The molecule has 37 heavy (non-hydrogen) atoms. The van der Waals surface area contributed by atoms with Crippen molar-refractivity contribution in [3.05, 3.63) is 126 Å². The number of carbonyl (C=O) groups is 2. The van der Waals surface area contributed by atoms with Gasteiger partial charge < -0.3 is 15.4 Å². The molecule has 0 radical (unpaired) electrons. The van der Waals surface area contributed by atoms with Crippen molar-refractivity contribution in [2.75, 3.05) is 23.3 Å². The van der Waals surface area contributed by atoms with Crippen molar-refractivity contribution in [2.45, 2.75) is 6.92 Å². The van der Waals surface area contributed by atoms with Crippen LogP contribution in [0.1, 0.15) is 11.1 Å². The Morgan fingerprint density at radius 2 is 1.49 bits per heavy atom. The van der Waals surface area contributed by atoms with E-state index in [1.165, 1.54) is 6.08 Å². The van der Waals surface area contributed by atoms with Crippen LogP contribution >= 0.6 is 0 Å². The lowest BCUT2D eigenvalue weighted by Gasteiger charge is -2.24. The van der Waals surface area contributed by atoms with Gasteiger partial charge >= 0.3 is 6.03 Å². The molecule has 4 aromatic carbocycles. The number of rotatable bonds is 9. The Kier molecular flexibility index (Phi) is 8.70. The predicted octanol–water partition coefficient (Wildman–Crippen LogP) is 6.66. The molecular weight excluding hydrogens is 462 g/mol. The van der Waals surface area contributed by atoms with Crippen molar-refractivity contribution >= 4 is 29.4 Å². The zero-order valence-electron chi connectivity index (χ0n) is 20.6. The first-order chi connectivity index (χ1) is 18.1. The van der Waals surface area contributed by atoms with Crippen LogP contribution in [0.5, 0.6) is 11.5 Å². The van der Waals surface area contributed by atoms with Crippen molar-refractivity contribution in [3.8, 4) is 11.5 Å². The number of amides is 3. The van der Waals surface area contributed by atoms with Gasteiger partial charge in [0.25, 0.3) is 0 Å². The van der Waals surface area contributed by atoms with Gasteiger partial charge in [-0.05, 0) is 72.7 Å². The van der Waals surface area contributed by atoms with Crippen LogP contribution in [0.25, 0.3) is 6.08 Å². The highest BCUT2D eigenvalue weighted by Crippen LogP contribution is 2.25. The van der Waals surface area contributed by atoms with Crippen LogP contribution in [0.3, 0.4) is 0 Å². The van der Waals surface area contributed by atoms with Gasteiger partial charge in [0.15, 0.2) is 0 Å². The molecule has 4 aromatic rings. The minimum Gasteiger partial charge on any atom is -0.457 e. The van der Waals surface area contributed by atoms with E-state index in [0.717, 1.165) is 16.9 Å². The van der Waals surface area contributed by atoms with Crippen LogP contribution in [0.4, 0.5) is 16.2 Å². The number of ether oxygens (including phenoxy) is 1. The fourth-order valence-electron chi connectivity index (χ4n) is 3.67. The maximum atomic E-state index is 13.2. The molecule has 0 aromatic heterocycles. The van der Waals surface area contributed by atoms with Crippen molar-refractivity contribution in [1.29, 1.82) is 0 Å². The highest BCUT2D eigenvalue weighted by atomic mass is 16.5. The van der Waals surface area contributed by atoms with Crippen molar-refractivity contribution in [3.63, 3.8) is 0 Å². The SMILES string of the molecule is Cc1cccc(NC(=O)N(CCNC(=O)/C=C/c2ccccc2)c2ccc(Oc3ccccc3)cc2)c1. The number of hydrogen-bond acceptors (Lipinski definition) is 3. The highest BCUT2D eigenvalue weighted by Gasteiger charge is 2.16. The summed E-state index contributed by atoms with van der Waals surface area (Å²) in [6.07, 6.45) is 3.24. The maximum absolute atomic E-state index is 13.2. The predicted molar refractivity (Wildman–Crippen MR) is 149 cm³/mol. The molecule has 6 nitrogen and oxygen atoms in total. The van der Waals surface area contributed by atoms with Crippen LogP contribution in [-0.4, -0.2) is 25.0 Å². The summed E-state index contributed by atoms with van der Waals surface area (Å²) >= 11 is 0. The third kappa shape index (κ3) is 7.83. The van der Waals surface area contributed by atoms with Gasteiger partial charge in [-0.2, -0.15) is 0 Å². The number of hydrogen-bond donors (Lipinski definition) is 2. The Hall–Kier alpha value is -4.84. The molecular formula is C31H29N3O3. The molecule has 0 aliphatic carbocycles. The third-order valence-corrected chi connectivity index (χ3v) is 5.50. The number of urea groups is 1. The normalized spacial score (nSPS) is 10.6. The second-order valence-electron chi connectivity index (χ2n) is 8.40. The van der Waals surface area contributed by atoms with Crippen LogP contribution in [0.2, 0.25) is 0 Å². The van der Waals surface area contributed by atoms with E-state index >= 15 is 0 Å². The Bertz CT molecular complexity index is 1340. The van der Waals surface area contributed by atoms with Crippen molar-refractivity contribution in [1.82, 2.24) is 5.32 Å². The van der Waals surface area contributed by atoms with E-state index in [4.69, 9.17) is 4.74 Å². The van der Waals surface area contributed by atoms with Crippen molar-refractivity contribution in [2.24, 2.45) is 0 Å². The fourth-order valence-corrected chi connectivity index (χ4v) is 3.67. The summed E-state index contributed by atoms with van der Waals surface area (Å²) in [4.78, 5) is 27.2. The largest absolute Gasteiger partial charge is 0.457 e. The smallest absolute Gasteiger partial charge is 0.326 e. The van der Waals surface area contributed by atoms with Gasteiger partial charge in [-0.25, -0.2) is 4.79 Å². The van der Waals surface area contributed by atoms with Gasteiger partial charge in [0.2, 0.25) is 5.91 Å². The molecule has 0 heterocycles. The number of aryl methyl sites for hydroxylation is 1. The minimum absolute atomic E-state index is 0.227. The molecule has 0 saturated heterocycles. The summed E-state index contributed by atoms with van der Waals surface area (Å²) in [5.41, 5.74) is 3.37. The van der Waals surface area contributed by atoms with Crippen LogP contribution in [0, 0.1) is 6.92 Å². The summed E-state index contributed by atoms with van der Waals surface area (Å²) in [6, 6.07) is 33.7. The third-order valence-electron chi connectivity index (χ3n) is 5.50. The molecule has 0 fully saturated rings. The summed E-state index contributed by atoms with van der Waals surface area (Å²) in [7, 11) is 0. The monoisotopic (exact) mass is 491 g/mol. The second-order valence-corrected chi connectivity index (χ2v) is 8.40. The summed E-state index contributed by atoms with van der Waals surface area (Å²) in [5, 5.41) is 5.80. The minimum atomic E-state index is -0.295. The Labute approximate surface area is 217 Å². The molecule has 2 N–H and O–H groups in total. The van der Waals surface area contributed by atoms with Gasteiger partial charge in [0.05, 0.1) is 0 Å². The average Bonchev–Trinajstić information content (AvgIpc) is 2.92. The molecule has 0 saturated carbocycles. The van der Waals surface area contributed by atoms with E-state index in [1.807, 2.05) is 116 Å². The molecule has 0 spiro atoms. The zero-order valence-corrected chi connectivity index (χ0v) is 20.6. The summed E-state index contributed by atoms with van der Waals surface area (Å²) in [5.74, 6) is 1.17. The number of nitrogens with zero attached hydrogens (tertiary/aromatic N) is 1. The Morgan fingerprint density at radius 1 is 0.811 bits per heavy atom. The number of nitrogens with one attached hydrogen (secondary N) is 2. The Balaban J connectivity index is 1.43. The van der Waals surface area contributed by atoms with Gasteiger partial charge in [-0.3, -0.25) is 9.69 Å². The second kappa shape index (κ2) is 12.7. The summed E-state index contributed by atoms with van der Waals surface area (Å²) < 4.78 is 5.87. The van der Waals surface area contributed by atoms with Gasteiger partial charge in [-0.15, -0.1) is 0 Å². The van der Waals surface area contributed by atoms with E-state index in [2.05, 4.69) is 10.6 Å². The molecule has 0 bridgehead atoms. The van der Waals surface area contributed by atoms with E-state index in [1.54, 1.807) is 11.0 Å². The first-order valence-corrected chi connectivity index (χ1v) is 12.1. The fraction of sp³-hybridized carbons (Fsp3) is 0.0968. The quantitative estimate of drug-likeness (QED) is 0.257. The number of benzene rings is 4. The lowest BCUT2D eigenvalue weighted by Crippen LogP contribution is -2.40. The van der Waals surface area contributed by atoms with Gasteiger partial charge in [0, 0.05) is 30.5 Å². The number of carbonyl (C=O) groups excluding carboxylic acids is 2. The highest BCUT2D eigenvalue weighted by molar-refractivity contribution is 6.02. The van der Waals surface area contributed by atoms with E-state index in [0.29, 0.717) is 17.1 Å². The van der Waals surface area contributed by atoms with E-state index < -0.39 is 0 Å². The van der Waals surface area contributed by atoms with Crippen LogP contribution < -0.4 is 20.3 Å². The molecule has 0 aliphatic heterocycles. The van der Waals surface area contributed by atoms with Gasteiger partial charge in [-0.1, -0.05) is 60.7 Å². The van der Waals surface area contributed by atoms with E-state index in [9.17, 15) is 9.59 Å². The first kappa shape index (κ1) is 25.3.